The first-order valence-corrected chi connectivity index (χ1v) is 6.02. The van der Waals surface area contributed by atoms with Gasteiger partial charge in [0.1, 0.15) is 11.3 Å². The SMILES string of the molecule is Cc1cc(C)c([N+](=O)[O-])cc1Oc1ncccc1C(=O)O. The molecule has 1 N–H and O–H groups in total. The normalized spacial score (nSPS) is 10.2. The summed E-state index contributed by atoms with van der Waals surface area (Å²) in [7, 11) is 0. The predicted octanol–water partition coefficient (Wildman–Crippen LogP) is 3.10. The Bertz CT molecular complexity index is 727. The lowest BCUT2D eigenvalue weighted by atomic mass is 10.1. The van der Waals surface area contributed by atoms with Crippen molar-refractivity contribution in [3.63, 3.8) is 0 Å². The summed E-state index contributed by atoms with van der Waals surface area (Å²) in [5.74, 6) is -1.09. The zero-order valence-electron chi connectivity index (χ0n) is 11.4. The molecule has 0 radical (unpaired) electrons. The fourth-order valence-corrected chi connectivity index (χ4v) is 1.87. The van der Waals surface area contributed by atoms with Crippen molar-refractivity contribution in [1.82, 2.24) is 4.98 Å². The van der Waals surface area contributed by atoms with Crippen LogP contribution in [0.15, 0.2) is 30.5 Å². The molecule has 0 saturated carbocycles. The maximum Gasteiger partial charge on any atom is 0.341 e. The van der Waals surface area contributed by atoms with Crippen molar-refractivity contribution in [2.75, 3.05) is 0 Å². The molecule has 0 spiro atoms. The molecule has 7 nitrogen and oxygen atoms in total. The average Bonchev–Trinajstić information content (AvgIpc) is 2.41. The number of aryl methyl sites for hydroxylation is 2. The van der Waals surface area contributed by atoms with Gasteiger partial charge in [0.05, 0.1) is 11.0 Å². The van der Waals surface area contributed by atoms with Gasteiger partial charge in [0, 0.05) is 11.8 Å². The zero-order valence-corrected chi connectivity index (χ0v) is 11.4. The van der Waals surface area contributed by atoms with Crippen molar-refractivity contribution in [1.29, 1.82) is 0 Å². The number of pyridine rings is 1. The van der Waals surface area contributed by atoms with Crippen molar-refractivity contribution in [3.05, 3.63) is 57.3 Å². The minimum Gasteiger partial charge on any atom is -0.477 e. The van der Waals surface area contributed by atoms with Crippen LogP contribution in [0.2, 0.25) is 0 Å². The summed E-state index contributed by atoms with van der Waals surface area (Å²) < 4.78 is 5.45. The summed E-state index contributed by atoms with van der Waals surface area (Å²) in [4.78, 5) is 25.4. The fourth-order valence-electron chi connectivity index (χ4n) is 1.87. The molecule has 0 aliphatic carbocycles. The van der Waals surface area contributed by atoms with Gasteiger partial charge in [-0.1, -0.05) is 0 Å². The Kier molecular flexibility index (Phi) is 3.84. The number of nitro groups is 1. The third-order valence-corrected chi connectivity index (χ3v) is 2.90. The van der Waals surface area contributed by atoms with E-state index in [-0.39, 0.29) is 22.9 Å². The van der Waals surface area contributed by atoms with Gasteiger partial charge < -0.3 is 9.84 Å². The Balaban J connectivity index is 2.47. The minimum atomic E-state index is -1.18. The number of nitrogens with zero attached hydrogens (tertiary/aromatic N) is 2. The number of aromatic nitrogens is 1. The molecule has 2 aromatic rings. The van der Waals surface area contributed by atoms with E-state index >= 15 is 0 Å². The first-order chi connectivity index (χ1) is 9.90. The number of ether oxygens (including phenoxy) is 1. The Labute approximate surface area is 120 Å². The smallest absolute Gasteiger partial charge is 0.341 e. The average molecular weight is 288 g/mol. The molecule has 0 fully saturated rings. The molecule has 1 aromatic heterocycles. The van der Waals surface area contributed by atoms with Crippen molar-refractivity contribution < 1.29 is 19.6 Å². The van der Waals surface area contributed by atoms with E-state index in [1.807, 2.05) is 0 Å². The lowest BCUT2D eigenvalue weighted by molar-refractivity contribution is -0.385. The Hall–Kier alpha value is -2.96. The maximum atomic E-state index is 11.1. The van der Waals surface area contributed by atoms with Gasteiger partial charge in [0.2, 0.25) is 5.88 Å². The van der Waals surface area contributed by atoms with Gasteiger partial charge >= 0.3 is 5.97 Å². The van der Waals surface area contributed by atoms with Crippen LogP contribution in [-0.2, 0) is 0 Å². The highest BCUT2D eigenvalue weighted by Crippen LogP contribution is 2.31. The van der Waals surface area contributed by atoms with E-state index in [9.17, 15) is 14.9 Å². The van der Waals surface area contributed by atoms with E-state index in [1.165, 1.54) is 24.4 Å². The largest absolute Gasteiger partial charge is 0.477 e. The number of benzene rings is 1. The number of carboxylic acids is 1. The minimum absolute atomic E-state index is 0.0941. The van der Waals surface area contributed by atoms with Gasteiger partial charge in [0.15, 0.2) is 0 Å². The summed E-state index contributed by atoms with van der Waals surface area (Å²) in [5, 5.41) is 20.0. The fraction of sp³-hybridized carbons (Fsp3) is 0.143. The van der Waals surface area contributed by atoms with E-state index < -0.39 is 10.9 Å². The Morgan fingerprint density at radius 2 is 2.05 bits per heavy atom. The van der Waals surface area contributed by atoms with Gasteiger partial charge in [-0.15, -0.1) is 0 Å². The van der Waals surface area contributed by atoms with Crippen LogP contribution < -0.4 is 4.74 Å². The monoisotopic (exact) mass is 288 g/mol. The zero-order chi connectivity index (χ0) is 15.6. The lowest BCUT2D eigenvalue weighted by Crippen LogP contribution is -2.02. The highest BCUT2D eigenvalue weighted by Gasteiger charge is 2.18. The van der Waals surface area contributed by atoms with E-state index in [0.717, 1.165) is 0 Å². The quantitative estimate of drug-likeness (QED) is 0.685. The van der Waals surface area contributed by atoms with Crippen LogP contribution in [0.1, 0.15) is 21.5 Å². The molecule has 21 heavy (non-hydrogen) atoms. The predicted molar refractivity (Wildman–Crippen MR) is 73.8 cm³/mol. The van der Waals surface area contributed by atoms with Gasteiger partial charge in [-0.05, 0) is 37.6 Å². The summed E-state index contributed by atoms with van der Waals surface area (Å²) in [6, 6.07) is 5.70. The third kappa shape index (κ3) is 2.97. The summed E-state index contributed by atoms with van der Waals surface area (Å²) in [6.07, 6.45) is 1.39. The number of carbonyl (C=O) groups is 1. The second kappa shape index (κ2) is 5.58. The van der Waals surface area contributed by atoms with Gasteiger partial charge in [-0.25, -0.2) is 9.78 Å². The van der Waals surface area contributed by atoms with Crippen LogP contribution in [0.25, 0.3) is 0 Å². The topological polar surface area (TPSA) is 103 Å². The molecule has 1 aromatic carbocycles. The highest BCUT2D eigenvalue weighted by molar-refractivity contribution is 5.90. The first kappa shape index (κ1) is 14.4. The molecule has 0 amide bonds. The second-order valence-electron chi connectivity index (χ2n) is 4.42. The molecule has 0 aliphatic rings. The number of rotatable bonds is 4. The molecule has 108 valence electrons. The summed E-state index contributed by atoms with van der Waals surface area (Å²) >= 11 is 0. The lowest BCUT2D eigenvalue weighted by Gasteiger charge is -2.10. The summed E-state index contributed by atoms with van der Waals surface area (Å²) in [6.45, 7) is 3.34. The van der Waals surface area contributed by atoms with Crippen LogP contribution in [0, 0.1) is 24.0 Å². The molecule has 0 unspecified atom stereocenters. The molecule has 0 aliphatic heterocycles. The Morgan fingerprint density at radius 3 is 2.67 bits per heavy atom. The van der Waals surface area contributed by atoms with Crippen LogP contribution in [0.4, 0.5) is 5.69 Å². The van der Waals surface area contributed by atoms with Crippen LogP contribution in [-0.4, -0.2) is 21.0 Å². The molecular weight excluding hydrogens is 276 g/mol. The molecule has 0 atom stereocenters. The van der Waals surface area contributed by atoms with Gasteiger partial charge in [-0.3, -0.25) is 10.1 Å². The van der Waals surface area contributed by atoms with Crippen molar-refractivity contribution in [2.24, 2.45) is 0 Å². The number of carboxylic acid groups (broad SMARTS) is 1. The van der Waals surface area contributed by atoms with E-state index in [0.29, 0.717) is 11.1 Å². The van der Waals surface area contributed by atoms with Crippen LogP contribution >= 0.6 is 0 Å². The van der Waals surface area contributed by atoms with E-state index in [1.54, 1.807) is 19.9 Å². The maximum absolute atomic E-state index is 11.1. The van der Waals surface area contributed by atoms with Gasteiger partial charge in [0.25, 0.3) is 5.69 Å². The Morgan fingerprint density at radius 1 is 1.33 bits per heavy atom. The van der Waals surface area contributed by atoms with Crippen LogP contribution in [0.5, 0.6) is 11.6 Å². The van der Waals surface area contributed by atoms with E-state index in [4.69, 9.17) is 9.84 Å². The molecule has 7 heteroatoms. The standard InChI is InChI=1S/C14H12N2O5/c1-8-6-9(2)12(7-11(8)16(19)20)21-13-10(14(17)18)4-3-5-15-13/h3-7H,1-2H3,(H,17,18). The molecule has 0 bridgehead atoms. The molecule has 1 heterocycles. The molecule has 2 rings (SSSR count). The number of aromatic carboxylic acids is 1. The highest BCUT2D eigenvalue weighted by atomic mass is 16.6. The van der Waals surface area contributed by atoms with Crippen LogP contribution in [0.3, 0.4) is 0 Å². The molecular formula is C14H12N2O5. The second-order valence-corrected chi connectivity index (χ2v) is 4.42. The van der Waals surface area contributed by atoms with Crippen molar-refractivity contribution in [2.45, 2.75) is 13.8 Å². The van der Waals surface area contributed by atoms with Gasteiger partial charge in [-0.2, -0.15) is 0 Å². The summed E-state index contributed by atoms with van der Waals surface area (Å²) in [5.41, 5.74) is 0.952. The third-order valence-electron chi connectivity index (χ3n) is 2.90. The van der Waals surface area contributed by atoms with Crippen molar-refractivity contribution >= 4 is 11.7 Å². The number of nitro benzene ring substituents is 1. The molecule has 0 saturated heterocycles. The van der Waals surface area contributed by atoms with E-state index in [2.05, 4.69) is 4.98 Å². The number of hydrogen-bond donors (Lipinski definition) is 1. The van der Waals surface area contributed by atoms with Crippen molar-refractivity contribution in [3.8, 4) is 11.6 Å². The number of hydrogen-bond acceptors (Lipinski definition) is 5. The first-order valence-electron chi connectivity index (χ1n) is 6.02.